The highest BCUT2D eigenvalue weighted by Crippen LogP contribution is 2.37. The van der Waals surface area contributed by atoms with Gasteiger partial charge in [0.05, 0.1) is 0 Å². The van der Waals surface area contributed by atoms with Gasteiger partial charge >= 0.3 is 0 Å². The smallest absolute Gasteiger partial charge is 0.0152 e. The molecule has 0 unspecified atom stereocenters. The van der Waals surface area contributed by atoms with Crippen molar-refractivity contribution in [3.8, 4) is 0 Å². The third-order valence-electron chi connectivity index (χ3n) is 3.22. The summed E-state index contributed by atoms with van der Waals surface area (Å²) < 4.78 is 0. The lowest BCUT2D eigenvalue weighted by molar-refractivity contribution is 0.900. The highest BCUT2D eigenvalue weighted by molar-refractivity contribution is 5.83. The van der Waals surface area contributed by atoms with Crippen molar-refractivity contribution in [2.24, 2.45) is 0 Å². The summed E-state index contributed by atoms with van der Waals surface area (Å²) >= 11 is 0. The lowest BCUT2D eigenvalue weighted by atomic mass is 9.81. The molecular formula is C14H14. The van der Waals surface area contributed by atoms with Crippen LogP contribution in [0.25, 0.3) is 5.57 Å². The van der Waals surface area contributed by atoms with Gasteiger partial charge in [-0.15, -0.1) is 0 Å². The van der Waals surface area contributed by atoms with Gasteiger partial charge in [0.15, 0.2) is 0 Å². The van der Waals surface area contributed by atoms with Crippen LogP contribution >= 0.6 is 0 Å². The van der Waals surface area contributed by atoms with Gasteiger partial charge in [-0.3, -0.25) is 0 Å². The summed E-state index contributed by atoms with van der Waals surface area (Å²) in [7, 11) is 0. The Labute approximate surface area is 85.0 Å². The molecule has 14 heavy (non-hydrogen) atoms. The summed E-state index contributed by atoms with van der Waals surface area (Å²) in [6.45, 7) is 0. The van der Waals surface area contributed by atoms with Gasteiger partial charge in [-0.2, -0.15) is 0 Å². The van der Waals surface area contributed by atoms with Crippen LogP contribution in [0.2, 0.25) is 0 Å². The topological polar surface area (TPSA) is 0 Å². The monoisotopic (exact) mass is 182 g/mol. The first-order valence-electron chi connectivity index (χ1n) is 5.43. The molecular weight excluding hydrogens is 168 g/mol. The molecule has 0 heteroatoms. The van der Waals surface area contributed by atoms with Gasteiger partial charge in [0.1, 0.15) is 0 Å². The SMILES string of the molecule is C1=C2CCc3ccccc3C2=CCC1. The van der Waals surface area contributed by atoms with Crippen molar-refractivity contribution in [1.29, 1.82) is 0 Å². The second-order valence-electron chi connectivity index (χ2n) is 4.08. The van der Waals surface area contributed by atoms with Gasteiger partial charge < -0.3 is 0 Å². The molecule has 0 saturated carbocycles. The van der Waals surface area contributed by atoms with Crippen LogP contribution in [0.1, 0.15) is 30.4 Å². The molecule has 0 aromatic heterocycles. The lowest BCUT2D eigenvalue weighted by Gasteiger charge is -2.24. The number of hydrogen-bond donors (Lipinski definition) is 0. The zero-order valence-corrected chi connectivity index (χ0v) is 8.29. The average molecular weight is 182 g/mol. The van der Waals surface area contributed by atoms with Crippen LogP contribution in [-0.2, 0) is 6.42 Å². The Morgan fingerprint density at radius 2 is 1.71 bits per heavy atom. The number of hydrogen-bond acceptors (Lipinski definition) is 0. The van der Waals surface area contributed by atoms with E-state index in [9.17, 15) is 0 Å². The number of allylic oxidation sites excluding steroid dienone is 4. The fourth-order valence-electron chi connectivity index (χ4n) is 2.52. The van der Waals surface area contributed by atoms with E-state index in [0.29, 0.717) is 0 Å². The molecule has 0 N–H and O–H groups in total. The van der Waals surface area contributed by atoms with Crippen LogP contribution in [-0.4, -0.2) is 0 Å². The van der Waals surface area contributed by atoms with Gasteiger partial charge in [0, 0.05) is 0 Å². The van der Waals surface area contributed by atoms with Crippen molar-refractivity contribution in [2.75, 3.05) is 0 Å². The van der Waals surface area contributed by atoms with Gasteiger partial charge in [-0.05, 0) is 48.0 Å². The average Bonchev–Trinajstić information content (AvgIpc) is 2.29. The number of benzene rings is 1. The predicted molar refractivity (Wildman–Crippen MR) is 60.1 cm³/mol. The standard InChI is InChI=1S/C14H14/c1-3-7-13-11(5-1)9-10-12-6-2-4-8-14(12)13/h1,3,5-8H,2,4,9-10H2. The van der Waals surface area contributed by atoms with Crippen LogP contribution in [0.3, 0.4) is 0 Å². The summed E-state index contributed by atoms with van der Waals surface area (Å²) in [6.07, 6.45) is 9.75. The van der Waals surface area contributed by atoms with E-state index in [1.165, 1.54) is 42.4 Å². The molecule has 0 heterocycles. The van der Waals surface area contributed by atoms with Crippen LogP contribution in [0.4, 0.5) is 0 Å². The fraction of sp³-hybridized carbons (Fsp3) is 0.286. The van der Waals surface area contributed by atoms with Crippen molar-refractivity contribution in [3.05, 3.63) is 53.1 Å². The van der Waals surface area contributed by atoms with Crippen molar-refractivity contribution in [3.63, 3.8) is 0 Å². The van der Waals surface area contributed by atoms with Gasteiger partial charge in [-0.25, -0.2) is 0 Å². The molecule has 2 aliphatic rings. The van der Waals surface area contributed by atoms with Crippen LogP contribution in [0, 0.1) is 0 Å². The molecule has 0 nitrogen and oxygen atoms in total. The molecule has 0 fully saturated rings. The molecule has 2 aliphatic carbocycles. The molecule has 0 bridgehead atoms. The van der Waals surface area contributed by atoms with E-state index in [1.54, 1.807) is 5.57 Å². The third-order valence-corrected chi connectivity index (χ3v) is 3.22. The fourth-order valence-corrected chi connectivity index (χ4v) is 2.52. The number of fused-ring (bicyclic) bond motifs is 3. The molecule has 3 rings (SSSR count). The quantitative estimate of drug-likeness (QED) is 0.573. The third kappa shape index (κ3) is 1.14. The second-order valence-corrected chi connectivity index (χ2v) is 4.08. The van der Waals surface area contributed by atoms with Crippen molar-refractivity contribution in [1.82, 2.24) is 0 Å². The van der Waals surface area contributed by atoms with Crippen molar-refractivity contribution >= 4 is 5.57 Å². The molecule has 0 spiro atoms. The Kier molecular flexibility index (Phi) is 1.80. The number of rotatable bonds is 0. The van der Waals surface area contributed by atoms with E-state index in [2.05, 4.69) is 36.4 Å². The summed E-state index contributed by atoms with van der Waals surface area (Å²) in [5, 5.41) is 0. The minimum Gasteiger partial charge on any atom is -0.0804 e. The minimum absolute atomic E-state index is 1.22. The molecule has 0 saturated heterocycles. The van der Waals surface area contributed by atoms with Gasteiger partial charge in [-0.1, -0.05) is 36.4 Å². The van der Waals surface area contributed by atoms with Crippen molar-refractivity contribution in [2.45, 2.75) is 25.7 Å². The normalized spacial score (nSPS) is 19.1. The first kappa shape index (κ1) is 8.05. The first-order chi connectivity index (χ1) is 6.95. The minimum atomic E-state index is 1.22. The Morgan fingerprint density at radius 3 is 2.71 bits per heavy atom. The summed E-state index contributed by atoms with van der Waals surface area (Å²) in [5.41, 5.74) is 6.09. The Balaban J connectivity index is 2.17. The van der Waals surface area contributed by atoms with E-state index in [0.717, 1.165) is 0 Å². The van der Waals surface area contributed by atoms with Crippen molar-refractivity contribution < 1.29 is 0 Å². The molecule has 1 aromatic rings. The van der Waals surface area contributed by atoms with E-state index >= 15 is 0 Å². The van der Waals surface area contributed by atoms with Crippen LogP contribution in [0.5, 0.6) is 0 Å². The molecule has 0 amide bonds. The maximum Gasteiger partial charge on any atom is -0.0152 e. The number of aryl methyl sites for hydroxylation is 1. The van der Waals surface area contributed by atoms with E-state index in [-0.39, 0.29) is 0 Å². The summed E-state index contributed by atoms with van der Waals surface area (Å²) in [4.78, 5) is 0. The van der Waals surface area contributed by atoms with Crippen LogP contribution in [0.15, 0.2) is 42.0 Å². The van der Waals surface area contributed by atoms with Gasteiger partial charge in [0.2, 0.25) is 0 Å². The molecule has 1 aromatic carbocycles. The van der Waals surface area contributed by atoms with Crippen LogP contribution < -0.4 is 0 Å². The molecule has 0 radical (unpaired) electrons. The zero-order chi connectivity index (χ0) is 9.38. The van der Waals surface area contributed by atoms with E-state index in [1.807, 2.05) is 0 Å². The highest BCUT2D eigenvalue weighted by atomic mass is 14.2. The van der Waals surface area contributed by atoms with E-state index in [4.69, 9.17) is 0 Å². The summed E-state index contributed by atoms with van der Waals surface area (Å²) in [6, 6.07) is 8.83. The first-order valence-corrected chi connectivity index (χ1v) is 5.43. The maximum absolute atomic E-state index is 2.42. The van der Waals surface area contributed by atoms with E-state index < -0.39 is 0 Å². The lowest BCUT2D eigenvalue weighted by Crippen LogP contribution is -2.06. The largest absolute Gasteiger partial charge is 0.0804 e. The second kappa shape index (κ2) is 3.13. The Morgan fingerprint density at radius 1 is 0.857 bits per heavy atom. The molecule has 0 atom stereocenters. The summed E-state index contributed by atoms with van der Waals surface area (Å²) in [5.74, 6) is 0. The Bertz CT molecular complexity index is 421. The highest BCUT2D eigenvalue weighted by Gasteiger charge is 2.18. The van der Waals surface area contributed by atoms with Gasteiger partial charge in [0.25, 0.3) is 0 Å². The maximum atomic E-state index is 2.42. The molecule has 0 aliphatic heterocycles. The Hall–Kier alpha value is -1.30. The zero-order valence-electron chi connectivity index (χ0n) is 8.29. The predicted octanol–water partition coefficient (Wildman–Crippen LogP) is 3.74. The molecule has 70 valence electrons.